The summed E-state index contributed by atoms with van der Waals surface area (Å²) in [4.78, 5) is 9.02. The highest BCUT2D eigenvalue weighted by molar-refractivity contribution is 7.55. The van der Waals surface area contributed by atoms with E-state index in [-0.39, 0.29) is 17.9 Å². The molecule has 1 amide bonds. The molecular weight excluding hydrogens is 90.1 g/mol. The minimum absolute atomic E-state index is 0.0914. The Morgan fingerprint density at radius 2 is 2.40 bits per heavy atom. The molecule has 0 saturated heterocycles. The molecule has 0 fully saturated rings. The van der Waals surface area contributed by atoms with E-state index >= 15 is 0 Å². The van der Waals surface area contributed by atoms with E-state index in [2.05, 4.69) is 4.36 Å². The predicted molar refractivity (Wildman–Crippen MR) is 16.6 cm³/mol. The van der Waals surface area contributed by atoms with Gasteiger partial charge in [0.15, 0.2) is 0 Å². The molecule has 0 heterocycles. The number of hydrogen-bond acceptors (Lipinski definition) is 2. The minimum atomic E-state index is -0.0914. The van der Waals surface area contributed by atoms with Crippen LogP contribution in [-0.4, -0.2) is 10.6 Å². The fraction of sp³-hybridized carbons (Fsp3) is 0. The van der Waals surface area contributed by atoms with Gasteiger partial charge in [-0.05, 0) is 0 Å². The molecular formula is CHNO2S. The first-order chi connectivity index (χ1) is 2.41. The second-order valence-electron chi connectivity index (χ2n) is 0.285. The van der Waals surface area contributed by atoms with Gasteiger partial charge >= 0.3 is 0 Å². The summed E-state index contributed by atoms with van der Waals surface area (Å²) in [5, 5.41) is 0. The zero-order valence-corrected chi connectivity index (χ0v) is 3.07. The molecule has 0 saturated carbocycles. The first kappa shape index (κ1) is 4.49. The Morgan fingerprint density at radius 1 is 1.80 bits per heavy atom. The van der Waals surface area contributed by atoms with Crippen molar-refractivity contribution in [2.24, 2.45) is 4.36 Å². The molecule has 0 unspecified atom stereocenters. The molecule has 0 N–H and O–H groups in total. The van der Waals surface area contributed by atoms with Crippen LogP contribution in [-0.2, 0) is 16.3 Å². The summed E-state index contributed by atoms with van der Waals surface area (Å²) in [6, 6.07) is 0. The van der Waals surface area contributed by atoms with E-state index in [1.807, 2.05) is 0 Å². The molecule has 0 radical (unpaired) electrons. The molecule has 0 bridgehead atoms. The van der Waals surface area contributed by atoms with Gasteiger partial charge < -0.3 is 0 Å². The van der Waals surface area contributed by atoms with Crippen LogP contribution < -0.4 is 0 Å². The van der Waals surface area contributed by atoms with E-state index in [0.717, 1.165) is 0 Å². The minimum Gasteiger partial charge on any atom is -0.275 e. The highest BCUT2D eigenvalue weighted by atomic mass is 32.1. The topological polar surface area (TPSA) is 46.5 Å². The first-order valence-corrected chi connectivity index (χ1v) is 1.54. The third-order valence-electron chi connectivity index (χ3n) is 0.0861. The fourth-order valence-electron chi connectivity index (χ4n) is 0.0176. The van der Waals surface area contributed by atoms with E-state index in [4.69, 9.17) is 9.00 Å². The predicted octanol–water partition coefficient (Wildman–Crippen LogP) is -0.461. The van der Waals surface area contributed by atoms with Crippen LogP contribution in [0.2, 0.25) is 0 Å². The number of hydrogen-bond donors (Lipinski definition) is 0. The van der Waals surface area contributed by atoms with Crippen LogP contribution in [0.4, 0.5) is 0 Å². The molecule has 5 heavy (non-hydrogen) atoms. The Bertz CT molecular complexity index is 73.7. The summed E-state index contributed by atoms with van der Waals surface area (Å²) >= 11 is -0.0914. The van der Waals surface area contributed by atoms with Crippen LogP contribution in [0.5, 0.6) is 0 Å². The van der Waals surface area contributed by atoms with Gasteiger partial charge in [-0.15, -0.1) is 4.36 Å². The van der Waals surface area contributed by atoms with Gasteiger partial charge in [0.25, 0.3) is 0 Å². The second-order valence-corrected chi connectivity index (χ2v) is 0.645. The van der Waals surface area contributed by atoms with E-state index in [1.165, 1.54) is 0 Å². The summed E-state index contributed by atoms with van der Waals surface area (Å²) in [5.74, 6) is 0. The monoisotopic (exact) mass is 91.0 g/mol. The van der Waals surface area contributed by atoms with Crippen molar-refractivity contribution >= 4 is 17.9 Å². The van der Waals surface area contributed by atoms with Crippen molar-refractivity contribution < 1.29 is 9.00 Å². The number of carbonyl (C=O) groups excluding carboxylic acids is 1. The number of nitrogens with zero attached hydrogens (tertiary/aromatic N) is 1. The smallest absolute Gasteiger partial charge is 0.246 e. The Kier molecular flexibility index (Phi) is 3.13. The Hall–Kier alpha value is -0.510. The lowest BCUT2D eigenvalue weighted by molar-refractivity contribution is -0.106. The standard InChI is InChI=1S/CHNO2S/c3-1-2-5-4/h1H. The maximum Gasteiger partial charge on any atom is 0.246 e. The van der Waals surface area contributed by atoms with Crippen LogP contribution in [0.1, 0.15) is 0 Å². The Labute approximate surface area is 32.2 Å². The zero-order valence-electron chi connectivity index (χ0n) is 2.25. The summed E-state index contributed by atoms with van der Waals surface area (Å²) in [7, 11) is 0. The lowest BCUT2D eigenvalue weighted by Crippen LogP contribution is -1.49. The maximum absolute atomic E-state index is 9.05. The van der Waals surface area contributed by atoms with Crippen LogP contribution in [0.25, 0.3) is 0 Å². The van der Waals surface area contributed by atoms with Crippen molar-refractivity contribution in [2.45, 2.75) is 0 Å². The summed E-state index contributed by atoms with van der Waals surface area (Å²) in [5.41, 5.74) is 0. The van der Waals surface area contributed by atoms with E-state index in [1.54, 1.807) is 0 Å². The Morgan fingerprint density at radius 3 is 2.40 bits per heavy atom. The van der Waals surface area contributed by atoms with Gasteiger partial charge in [-0.2, -0.15) is 4.21 Å². The zero-order chi connectivity index (χ0) is 4.12. The van der Waals surface area contributed by atoms with Crippen molar-refractivity contribution in [3.63, 3.8) is 0 Å². The first-order valence-electron chi connectivity index (χ1n) is 0.843. The second kappa shape index (κ2) is 3.49. The largest absolute Gasteiger partial charge is 0.275 e. The summed E-state index contributed by atoms with van der Waals surface area (Å²) in [6.45, 7) is 0. The molecule has 0 aromatic rings. The maximum atomic E-state index is 9.05. The lowest BCUT2D eigenvalue weighted by atomic mass is 11.5. The van der Waals surface area contributed by atoms with Gasteiger partial charge in [-0.3, -0.25) is 4.79 Å². The molecule has 4 heteroatoms. The number of rotatable bonds is 1. The average molecular weight is 91.1 g/mol. The summed E-state index contributed by atoms with van der Waals surface area (Å²) in [6.07, 6.45) is 0.206. The van der Waals surface area contributed by atoms with Gasteiger partial charge in [0.1, 0.15) is 0 Å². The normalized spacial score (nSPS) is 5.60. The molecule has 0 aliphatic carbocycles. The third-order valence-corrected chi connectivity index (χ3v) is 0.258. The van der Waals surface area contributed by atoms with Crippen LogP contribution in [0, 0.1) is 0 Å². The van der Waals surface area contributed by atoms with Crippen molar-refractivity contribution in [1.82, 2.24) is 0 Å². The van der Waals surface area contributed by atoms with E-state index in [0.29, 0.717) is 0 Å². The van der Waals surface area contributed by atoms with Gasteiger partial charge in [0.05, 0.1) is 0 Å². The van der Waals surface area contributed by atoms with Crippen LogP contribution in [0.15, 0.2) is 4.36 Å². The van der Waals surface area contributed by atoms with Gasteiger partial charge in [0.2, 0.25) is 17.9 Å². The summed E-state index contributed by atoms with van der Waals surface area (Å²) < 4.78 is 11.7. The molecule has 28 valence electrons. The highest BCUT2D eigenvalue weighted by Gasteiger charge is 1.47. The molecule has 0 spiro atoms. The van der Waals surface area contributed by atoms with Crippen LogP contribution in [0.3, 0.4) is 0 Å². The van der Waals surface area contributed by atoms with Gasteiger partial charge in [-0.25, -0.2) is 0 Å². The number of carbonyl (C=O) groups is 1. The van der Waals surface area contributed by atoms with E-state index in [9.17, 15) is 0 Å². The van der Waals surface area contributed by atoms with Crippen molar-refractivity contribution in [3.8, 4) is 0 Å². The van der Waals surface area contributed by atoms with Crippen molar-refractivity contribution in [2.75, 3.05) is 0 Å². The number of amides is 1. The average Bonchev–Trinajstić information content (AvgIpc) is 1.41. The molecule has 0 rings (SSSR count). The third kappa shape index (κ3) is 3.49. The SMILES string of the molecule is O=CN=S=O. The Balaban J connectivity index is 3.31. The highest BCUT2D eigenvalue weighted by Crippen LogP contribution is 1.39. The molecule has 3 nitrogen and oxygen atoms in total. The molecule has 0 aromatic heterocycles. The van der Waals surface area contributed by atoms with Crippen LogP contribution >= 0.6 is 0 Å². The molecule has 0 atom stereocenters. The molecule has 0 aliphatic rings. The fourth-order valence-corrected chi connectivity index (χ4v) is 0.0527. The molecule has 0 aromatic carbocycles. The van der Waals surface area contributed by atoms with Crippen molar-refractivity contribution in [3.05, 3.63) is 0 Å². The molecule has 0 aliphatic heterocycles. The van der Waals surface area contributed by atoms with E-state index < -0.39 is 0 Å². The van der Waals surface area contributed by atoms with Gasteiger partial charge in [-0.1, -0.05) is 0 Å². The van der Waals surface area contributed by atoms with Crippen molar-refractivity contribution in [1.29, 1.82) is 0 Å². The quantitative estimate of drug-likeness (QED) is 0.410. The van der Waals surface area contributed by atoms with Gasteiger partial charge in [0, 0.05) is 0 Å². The lowest BCUT2D eigenvalue weighted by Gasteiger charge is -1.39.